The van der Waals surface area contributed by atoms with Gasteiger partial charge in [0.2, 0.25) is 0 Å². The second-order valence-corrected chi connectivity index (χ2v) is 14.2. The van der Waals surface area contributed by atoms with Crippen molar-refractivity contribution in [2.24, 2.45) is 57.7 Å². The number of fused-ring (bicyclic) bond motifs is 4. The van der Waals surface area contributed by atoms with Crippen LogP contribution in [0.25, 0.3) is 0 Å². The fourth-order valence-corrected chi connectivity index (χ4v) is 11.6. The van der Waals surface area contributed by atoms with Crippen LogP contribution >= 0.6 is 0 Å². The third-order valence-corrected chi connectivity index (χ3v) is 13.1. The predicted molar refractivity (Wildman–Crippen MR) is 126 cm³/mol. The molecule has 0 radical (unpaired) electrons. The summed E-state index contributed by atoms with van der Waals surface area (Å²) in [7, 11) is 0. The summed E-state index contributed by atoms with van der Waals surface area (Å²) in [6.07, 6.45) is 10.5. The lowest BCUT2D eigenvalue weighted by atomic mass is 9.44. The summed E-state index contributed by atoms with van der Waals surface area (Å²) in [6.45, 7) is 13.5. The molecule has 0 aromatic carbocycles. The lowest BCUT2D eigenvalue weighted by Crippen LogP contribution is -2.62. The fourth-order valence-electron chi connectivity index (χ4n) is 11.6. The second kappa shape index (κ2) is 6.78. The van der Waals surface area contributed by atoms with Crippen LogP contribution in [0.4, 0.5) is 0 Å². The Hall–Kier alpha value is -0.160. The molecular weight excluding hydrogens is 412 g/mol. The van der Waals surface area contributed by atoms with E-state index in [9.17, 15) is 5.11 Å². The molecule has 2 spiro atoms. The van der Waals surface area contributed by atoms with Gasteiger partial charge in [-0.15, -0.1) is 0 Å². The van der Waals surface area contributed by atoms with Crippen LogP contribution in [0.3, 0.4) is 0 Å². The molecule has 7 aliphatic rings. The molecule has 0 amide bonds. The Kier molecular flexibility index (Phi) is 4.53. The standard InChI is InChI=1S/C29H46O4/c1-16(2)24-25(33-24)23(30)17(3)20-6-7-21-19-15-29(31-12-13-32-29)28-14-18(28)8-11-27(28,5)22(19)9-10-26(20,21)4/h16-25,30H,6-15H2,1-5H3/t17-,18+,19-,20+,21-,22-,23+,24-,25+,26+,27+,28+/m0/s1. The van der Waals surface area contributed by atoms with E-state index in [1.54, 1.807) is 0 Å². The van der Waals surface area contributed by atoms with Crippen molar-refractivity contribution in [2.45, 2.75) is 110 Å². The zero-order valence-electron chi connectivity index (χ0n) is 21.5. The third kappa shape index (κ3) is 2.53. The Bertz CT molecular complexity index is 820. The average molecular weight is 459 g/mol. The molecule has 0 aromatic rings. The highest BCUT2D eigenvalue weighted by Gasteiger charge is 2.83. The van der Waals surface area contributed by atoms with Crippen LogP contribution < -0.4 is 0 Å². The molecule has 7 rings (SSSR count). The summed E-state index contributed by atoms with van der Waals surface area (Å²) in [5.74, 6) is 4.24. The van der Waals surface area contributed by atoms with Gasteiger partial charge in [0.25, 0.3) is 0 Å². The predicted octanol–water partition coefficient (Wildman–Crippen LogP) is 5.42. The molecule has 5 saturated carbocycles. The van der Waals surface area contributed by atoms with Crippen LogP contribution in [0, 0.1) is 57.7 Å². The molecule has 2 heterocycles. The summed E-state index contributed by atoms with van der Waals surface area (Å²) in [5.41, 5.74) is 1.02. The number of aliphatic hydroxyl groups excluding tert-OH is 1. The maximum atomic E-state index is 11.3. The minimum absolute atomic E-state index is 0.0567. The molecule has 0 unspecified atom stereocenters. The van der Waals surface area contributed by atoms with Crippen LogP contribution in [-0.2, 0) is 14.2 Å². The zero-order valence-corrected chi connectivity index (χ0v) is 21.5. The molecule has 12 atom stereocenters. The smallest absolute Gasteiger partial charge is 0.175 e. The van der Waals surface area contributed by atoms with E-state index in [2.05, 4.69) is 34.6 Å². The van der Waals surface area contributed by atoms with Crippen molar-refractivity contribution in [3.63, 3.8) is 0 Å². The minimum Gasteiger partial charge on any atom is -0.390 e. The van der Waals surface area contributed by atoms with Crippen molar-refractivity contribution >= 4 is 0 Å². The van der Waals surface area contributed by atoms with Gasteiger partial charge in [0.15, 0.2) is 5.79 Å². The number of ether oxygens (including phenoxy) is 3. The van der Waals surface area contributed by atoms with Crippen molar-refractivity contribution < 1.29 is 19.3 Å². The zero-order chi connectivity index (χ0) is 23.0. The molecule has 2 aliphatic heterocycles. The number of hydrogen-bond acceptors (Lipinski definition) is 4. The van der Waals surface area contributed by atoms with Gasteiger partial charge in [0.05, 0.1) is 25.4 Å². The summed E-state index contributed by atoms with van der Waals surface area (Å²) in [6, 6.07) is 0. The first-order chi connectivity index (χ1) is 15.7. The first kappa shape index (κ1) is 22.1. The molecule has 7 fully saturated rings. The molecule has 1 N–H and O–H groups in total. The maximum Gasteiger partial charge on any atom is 0.175 e. The van der Waals surface area contributed by atoms with Gasteiger partial charge >= 0.3 is 0 Å². The fraction of sp³-hybridized carbons (Fsp3) is 1.00. The lowest BCUT2D eigenvalue weighted by Gasteiger charge is -2.63. The quantitative estimate of drug-likeness (QED) is 0.572. The highest BCUT2D eigenvalue weighted by atomic mass is 16.7. The van der Waals surface area contributed by atoms with Crippen LogP contribution in [0.15, 0.2) is 0 Å². The van der Waals surface area contributed by atoms with Crippen molar-refractivity contribution in [3.8, 4) is 0 Å². The van der Waals surface area contributed by atoms with Gasteiger partial charge in [-0.3, -0.25) is 0 Å². The van der Waals surface area contributed by atoms with Crippen molar-refractivity contribution in [3.05, 3.63) is 0 Å². The molecule has 0 bridgehead atoms. The Balaban J connectivity index is 1.18. The number of epoxide rings is 1. The van der Waals surface area contributed by atoms with E-state index < -0.39 is 0 Å². The van der Waals surface area contributed by atoms with E-state index in [4.69, 9.17) is 14.2 Å². The van der Waals surface area contributed by atoms with Crippen LogP contribution in [-0.4, -0.2) is 42.4 Å². The van der Waals surface area contributed by atoms with Gasteiger partial charge in [-0.2, -0.15) is 0 Å². The highest BCUT2D eigenvalue weighted by molar-refractivity contribution is 5.29. The van der Waals surface area contributed by atoms with Gasteiger partial charge in [-0.1, -0.05) is 34.6 Å². The molecule has 2 saturated heterocycles. The van der Waals surface area contributed by atoms with E-state index in [0.717, 1.165) is 37.4 Å². The monoisotopic (exact) mass is 458 g/mol. The van der Waals surface area contributed by atoms with Crippen molar-refractivity contribution in [1.29, 1.82) is 0 Å². The SMILES string of the molecule is CC(C)[C@@H]1O[C@@H]1[C@H](O)[C@@H](C)[C@H]1CC[C@H]2[C@@H]3CC4(OCCO4)[C@]45C[C@H]4CC[C@]5(C)[C@H]3CC[C@]12C. The van der Waals surface area contributed by atoms with Gasteiger partial charge in [0, 0.05) is 11.8 Å². The van der Waals surface area contributed by atoms with E-state index >= 15 is 0 Å². The average Bonchev–Trinajstić information content (AvgIpc) is 3.61. The van der Waals surface area contributed by atoms with Crippen molar-refractivity contribution in [2.75, 3.05) is 13.2 Å². The van der Waals surface area contributed by atoms with Crippen LogP contribution in [0.1, 0.15) is 86.0 Å². The molecular formula is C29H46O4. The summed E-state index contributed by atoms with van der Waals surface area (Å²) < 4.78 is 19.2. The molecule has 186 valence electrons. The Morgan fingerprint density at radius 1 is 0.848 bits per heavy atom. The van der Waals surface area contributed by atoms with Gasteiger partial charge in [-0.05, 0) is 97.2 Å². The van der Waals surface area contributed by atoms with E-state index in [1.807, 2.05) is 0 Å². The van der Waals surface area contributed by atoms with E-state index in [0.29, 0.717) is 39.9 Å². The highest BCUT2D eigenvalue weighted by Crippen LogP contribution is 2.85. The normalized spacial score (nSPS) is 57.4. The van der Waals surface area contributed by atoms with Crippen LogP contribution in [0.5, 0.6) is 0 Å². The van der Waals surface area contributed by atoms with Gasteiger partial charge in [0.1, 0.15) is 6.10 Å². The third-order valence-electron chi connectivity index (χ3n) is 13.1. The molecule has 5 aliphatic carbocycles. The summed E-state index contributed by atoms with van der Waals surface area (Å²) in [5, 5.41) is 11.3. The summed E-state index contributed by atoms with van der Waals surface area (Å²) >= 11 is 0. The Morgan fingerprint density at radius 2 is 1.61 bits per heavy atom. The topological polar surface area (TPSA) is 51.2 Å². The Labute approximate surface area is 200 Å². The first-order valence-electron chi connectivity index (χ1n) is 14.3. The van der Waals surface area contributed by atoms with Crippen LogP contribution in [0.2, 0.25) is 0 Å². The van der Waals surface area contributed by atoms with E-state index in [-0.39, 0.29) is 24.1 Å². The number of rotatable bonds is 4. The van der Waals surface area contributed by atoms with Crippen molar-refractivity contribution in [1.82, 2.24) is 0 Å². The van der Waals surface area contributed by atoms with Gasteiger partial charge in [-0.25, -0.2) is 0 Å². The molecule has 4 nitrogen and oxygen atoms in total. The summed E-state index contributed by atoms with van der Waals surface area (Å²) in [4.78, 5) is 0. The Morgan fingerprint density at radius 3 is 2.27 bits per heavy atom. The molecule has 0 aromatic heterocycles. The van der Waals surface area contributed by atoms with E-state index in [1.165, 1.54) is 44.9 Å². The second-order valence-electron chi connectivity index (χ2n) is 14.2. The maximum absolute atomic E-state index is 11.3. The number of hydrogen-bond donors (Lipinski definition) is 1. The lowest BCUT2D eigenvalue weighted by molar-refractivity contribution is -0.294. The number of aliphatic hydroxyl groups is 1. The van der Waals surface area contributed by atoms with Gasteiger partial charge < -0.3 is 19.3 Å². The molecule has 33 heavy (non-hydrogen) atoms. The minimum atomic E-state index is -0.322. The largest absolute Gasteiger partial charge is 0.390 e. The molecule has 4 heteroatoms. The first-order valence-corrected chi connectivity index (χ1v) is 14.3.